The SMILES string of the molecule is O=C(CSc1nnc(-c2ccccc2Cl)o1)Nc1nc2c(s1)CCCC2. The van der Waals surface area contributed by atoms with E-state index in [2.05, 4.69) is 20.5 Å². The van der Waals surface area contributed by atoms with Crippen LogP contribution < -0.4 is 5.32 Å². The van der Waals surface area contributed by atoms with Crippen molar-refractivity contribution in [1.82, 2.24) is 15.2 Å². The van der Waals surface area contributed by atoms with Gasteiger partial charge in [0.2, 0.25) is 11.8 Å². The Morgan fingerprint density at radius 1 is 1.27 bits per heavy atom. The Morgan fingerprint density at radius 3 is 2.96 bits per heavy atom. The maximum atomic E-state index is 12.2. The van der Waals surface area contributed by atoms with Crippen LogP contribution in [0.2, 0.25) is 5.02 Å². The van der Waals surface area contributed by atoms with Gasteiger partial charge >= 0.3 is 0 Å². The van der Waals surface area contributed by atoms with Crippen LogP contribution in [0.1, 0.15) is 23.4 Å². The average molecular weight is 407 g/mol. The molecule has 6 nitrogen and oxygen atoms in total. The summed E-state index contributed by atoms with van der Waals surface area (Å²) in [4.78, 5) is 18.0. The average Bonchev–Trinajstić information content (AvgIpc) is 3.26. The van der Waals surface area contributed by atoms with Crippen LogP contribution in [0.4, 0.5) is 5.13 Å². The molecule has 2 heterocycles. The Hall–Kier alpha value is -1.90. The summed E-state index contributed by atoms with van der Waals surface area (Å²) in [6.07, 6.45) is 4.43. The summed E-state index contributed by atoms with van der Waals surface area (Å²) in [5, 5.41) is 12.3. The zero-order valence-electron chi connectivity index (χ0n) is 13.7. The lowest BCUT2D eigenvalue weighted by Gasteiger charge is -2.06. The molecule has 26 heavy (non-hydrogen) atoms. The third-order valence-electron chi connectivity index (χ3n) is 3.93. The topological polar surface area (TPSA) is 80.9 Å². The fourth-order valence-corrected chi connectivity index (χ4v) is 4.55. The molecule has 0 spiro atoms. The largest absolute Gasteiger partial charge is 0.411 e. The van der Waals surface area contributed by atoms with Crippen LogP contribution in [0.25, 0.3) is 11.5 Å². The number of thiazole rings is 1. The zero-order chi connectivity index (χ0) is 17.9. The molecule has 0 saturated heterocycles. The smallest absolute Gasteiger partial charge is 0.277 e. The number of rotatable bonds is 5. The minimum Gasteiger partial charge on any atom is -0.411 e. The molecule has 1 N–H and O–H groups in total. The number of halogens is 1. The minimum atomic E-state index is -0.140. The lowest BCUT2D eigenvalue weighted by atomic mass is 10.0. The second-order valence-corrected chi connectivity index (χ2v) is 8.20. The molecule has 0 radical (unpaired) electrons. The molecule has 0 atom stereocenters. The predicted molar refractivity (Wildman–Crippen MR) is 103 cm³/mol. The van der Waals surface area contributed by atoms with E-state index in [-0.39, 0.29) is 11.7 Å². The van der Waals surface area contributed by atoms with Gasteiger partial charge in [-0.05, 0) is 37.8 Å². The number of nitrogens with one attached hydrogen (secondary N) is 1. The van der Waals surface area contributed by atoms with Crippen LogP contribution in [-0.4, -0.2) is 26.8 Å². The second-order valence-electron chi connectivity index (χ2n) is 5.79. The molecule has 1 amide bonds. The van der Waals surface area contributed by atoms with Crippen molar-refractivity contribution < 1.29 is 9.21 Å². The maximum Gasteiger partial charge on any atom is 0.277 e. The van der Waals surface area contributed by atoms with Crippen LogP contribution >= 0.6 is 34.7 Å². The van der Waals surface area contributed by atoms with Crippen molar-refractivity contribution in [3.63, 3.8) is 0 Å². The van der Waals surface area contributed by atoms with E-state index in [9.17, 15) is 4.79 Å². The second kappa shape index (κ2) is 7.77. The van der Waals surface area contributed by atoms with Gasteiger partial charge in [-0.2, -0.15) is 0 Å². The minimum absolute atomic E-state index is 0.140. The van der Waals surface area contributed by atoms with E-state index in [4.69, 9.17) is 16.0 Å². The standard InChI is InChI=1S/C17H15ClN4O2S2/c18-11-6-2-1-5-10(11)15-21-22-17(24-15)25-9-14(23)20-16-19-12-7-3-4-8-13(12)26-16/h1-2,5-6H,3-4,7-9H2,(H,19,20,23). The highest BCUT2D eigenvalue weighted by atomic mass is 35.5. The molecule has 1 aliphatic carbocycles. The van der Waals surface area contributed by atoms with Crippen molar-refractivity contribution >= 4 is 45.7 Å². The molecule has 1 aromatic carbocycles. The highest BCUT2D eigenvalue weighted by Gasteiger charge is 2.17. The van der Waals surface area contributed by atoms with E-state index in [1.54, 1.807) is 23.5 Å². The van der Waals surface area contributed by atoms with E-state index >= 15 is 0 Å². The molecular formula is C17H15ClN4O2S2. The number of amides is 1. The van der Waals surface area contributed by atoms with Gasteiger partial charge in [-0.3, -0.25) is 4.79 Å². The first-order valence-corrected chi connectivity index (χ1v) is 10.4. The Kier molecular flexibility index (Phi) is 5.23. The van der Waals surface area contributed by atoms with E-state index in [0.29, 0.717) is 26.8 Å². The number of carbonyl (C=O) groups is 1. The molecule has 0 unspecified atom stereocenters. The number of nitrogens with zero attached hydrogens (tertiary/aromatic N) is 3. The number of carbonyl (C=O) groups excluding carboxylic acids is 1. The van der Waals surface area contributed by atoms with Crippen LogP contribution in [0, 0.1) is 0 Å². The number of benzene rings is 1. The van der Waals surface area contributed by atoms with Crippen molar-refractivity contribution in [3.8, 4) is 11.5 Å². The monoisotopic (exact) mass is 406 g/mol. The van der Waals surface area contributed by atoms with Crippen LogP contribution in [0.15, 0.2) is 33.9 Å². The first-order chi connectivity index (χ1) is 12.7. The number of fused-ring (bicyclic) bond motifs is 1. The molecule has 1 aliphatic rings. The number of aryl methyl sites for hydroxylation is 2. The van der Waals surface area contributed by atoms with Gasteiger partial charge in [-0.25, -0.2) is 4.98 Å². The summed E-state index contributed by atoms with van der Waals surface area (Å²) in [5.41, 5.74) is 1.80. The predicted octanol–water partition coefficient (Wildman–Crippen LogP) is 4.46. The van der Waals surface area contributed by atoms with Crippen molar-refractivity contribution in [2.24, 2.45) is 0 Å². The summed E-state index contributed by atoms with van der Waals surface area (Å²) in [6.45, 7) is 0. The first kappa shape index (κ1) is 17.5. The molecule has 9 heteroatoms. The lowest BCUT2D eigenvalue weighted by molar-refractivity contribution is -0.113. The quantitative estimate of drug-likeness (QED) is 0.630. The fourth-order valence-electron chi connectivity index (χ4n) is 2.70. The Labute approximate surface area is 163 Å². The van der Waals surface area contributed by atoms with Gasteiger partial charge in [0.05, 0.1) is 22.0 Å². The van der Waals surface area contributed by atoms with Gasteiger partial charge in [0, 0.05) is 4.88 Å². The van der Waals surface area contributed by atoms with Gasteiger partial charge in [0.25, 0.3) is 5.22 Å². The Balaban J connectivity index is 1.35. The van der Waals surface area contributed by atoms with Gasteiger partial charge in [-0.1, -0.05) is 35.5 Å². The van der Waals surface area contributed by atoms with E-state index < -0.39 is 0 Å². The zero-order valence-corrected chi connectivity index (χ0v) is 16.1. The molecule has 4 rings (SSSR count). The summed E-state index contributed by atoms with van der Waals surface area (Å²) in [7, 11) is 0. The molecule has 2 aromatic heterocycles. The Bertz CT molecular complexity index is 917. The summed E-state index contributed by atoms with van der Waals surface area (Å²) >= 11 is 8.88. The molecule has 0 fully saturated rings. The fraction of sp³-hybridized carbons (Fsp3) is 0.294. The maximum absolute atomic E-state index is 12.2. The van der Waals surface area contributed by atoms with Crippen LogP contribution in [-0.2, 0) is 17.6 Å². The van der Waals surface area contributed by atoms with Crippen LogP contribution in [0.3, 0.4) is 0 Å². The first-order valence-electron chi connectivity index (χ1n) is 8.18. The Morgan fingerprint density at radius 2 is 2.12 bits per heavy atom. The van der Waals surface area contributed by atoms with Crippen molar-refractivity contribution in [2.75, 3.05) is 11.1 Å². The summed E-state index contributed by atoms with van der Waals surface area (Å²) in [5.74, 6) is 0.374. The normalized spacial score (nSPS) is 13.4. The van der Waals surface area contributed by atoms with E-state index in [1.165, 1.54) is 29.5 Å². The molecule has 3 aromatic rings. The molecular weight excluding hydrogens is 392 g/mol. The van der Waals surface area contributed by atoms with Crippen LogP contribution in [0.5, 0.6) is 0 Å². The summed E-state index contributed by atoms with van der Waals surface area (Å²) in [6, 6.07) is 7.24. The number of aromatic nitrogens is 3. The molecule has 0 aliphatic heterocycles. The molecule has 0 bridgehead atoms. The van der Waals surface area contributed by atoms with E-state index in [1.807, 2.05) is 12.1 Å². The van der Waals surface area contributed by atoms with Gasteiger partial charge in [0.1, 0.15) is 0 Å². The molecule has 134 valence electrons. The van der Waals surface area contributed by atoms with Crippen molar-refractivity contribution in [1.29, 1.82) is 0 Å². The third-order valence-corrected chi connectivity index (χ3v) is 6.15. The number of hydrogen-bond acceptors (Lipinski definition) is 7. The summed E-state index contributed by atoms with van der Waals surface area (Å²) < 4.78 is 5.58. The number of thioether (sulfide) groups is 1. The van der Waals surface area contributed by atoms with Crippen molar-refractivity contribution in [2.45, 2.75) is 30.9 Å². The van der Waals surface area contributed by atoms with Crippen molar-refractivity contribution in [3.05, 3.63) is 39.9 Å². The lowest BCUT2D eigenvalue weighted by Crippen LogP contribution is -2.13. The number of anilines is 1. The molecule has 0 saturated carbocycles. The van der Waals surface area contributed by atoms with Gasteiger partial charge < -0.3 is 9.73 Å². The van der Waals surface area contributed by atoms with Gasteiger partial charge in [-0.15, -0.1) is 21.5 Å². The third kappa shape index (κ3) is 3.92. The van der Waals surface area contributed by atoms with Gasteiger partial charge in [0.15, 0.2) is 5.13 Å². The highest BCUT2D eigenvalue weighted by Crippen LogP contribution is 2.30. The van der Waals surface area contributed by atoms with E-state index in [0.717, 1.165) is 18.5 Å². The highest BCUT2D eigenvalue weighted by molar-refractivity contribution is 7.99. The number of hydrogen-bond donors (Lipinski definition) is 1.